The number of nitrogens with two attached hydrogens (primary N) is 1. The molecule has 0 aliphatic carbocycles. The fraction of sp³-hybridized carbons (Fsp3) is 0.235. The van der Waals surface area contributed by atoms with E-state index in [9.17, 15) is 4.79 Å². The summed E-state index contributed by atoms with van der Waals surface area (Å²) in [5.41, 5.74) is 4.29. The van der Waals surface area contributed by atoms with Gasteiger partial charge in [0.25, 0.3) is 0 Å². The molecule has 1 fully saturated rings. The minimum absolute atomic E-state index is 0.498. The highest BCUT2D eigenvalue weighted by Gasteiger charge is 2.20. The number of carbonyl (C=O) groups is 1. The highest BCUT2D eigenvalue weighted by atomic mass is 32.1. The van der Waals surface area contributed by atoms with E-state index in [0.717, 1.165) is 34.7 Å². The smallest absolute Gasteiger partial charge is 0.333 e. The van der Waals surface area contributed by atoms with Gasteiger partial charge in [0.1, 0.15) is 0 Å². The number of fused-ring (bicyclic) bond motifs is 1. The Hall–Kier alpha value is -2.75. The number of aromatic nitrogens is 2. The number of benzene rings is 1. The van der Waals surface area contributed by atoms with E-state index < -0.39 is 6.03 Å². The number of nitrogens with one attached hydrogen (secondary N) is 2. The molecule has 4 N–H and O–H groups in total. The summed E-state index contributed by atoms with van der Waals surface area (Å²) in [6.07, 6.45) is 0. The van der Waals surface area contributed by atoms with Crippen molar-refractivity contribution < 1.29 is 9.53 Å². The summed E-state index contributed by atoms with van der Waals surface area (Å²) in [5.74, 6) is 6.64. The minimum Gasteiger partial charge on any atom is -0.378 e. The van der Waals surface area contributed by atoms with Crippen molar-refractivity contribution in [3.8, 4) is 11.4 Å². The van der Waals surface area contributed by atoms with Crippen LogP contribution in [-0.4, -0.2) is 42.3 Å². The van der Waals surface area contributed by atoms with Gasteiger partial charge in [-0.05, 0) is 23.6 Å². The average molecular weight is 370 g/mol. The number of hydrogen-bond donors (Lipinski definition) is 3. The third-order valence-electron chi connectivity index (χ3n) is 4.14. The molecular formula is C17H18N6O2S. The van der Waals surface area contributed by atoms with E-state index in [1.54, 1.807) is 17.4 Å². The van der Waals surface area contributed by atoms with Crippen molar-refractivity contribution in [3.05, 3.63) is 35.7 Å². The molecule has 0 unspecified atom stereocenters. The molecule has 3 aromatic rings. The van der Waals surface area contributed by atoms with E-state index in [2.05, 4.69) is 15.6 Å². The highest BCUT2D eigenvalue weighted by Crippen LogP contribution is 2.33. The van der Waals surface area contributed by atoms with Crippen LogP contribution < -0.4 is 21.5 Å². The Balaban J connectivity index is 1.81. The number of thiophene rings is 1. The van der Waals surface area contributed by atoms with E-state index in [0.29, 0.717) is 24.7 Å². The predicted molar refractivity (Wildman–Crippen MR) is 102 cm³/mol. The van der Waals surface area contributed by atoms with E-state index in [4.69, 9.17) is 20.5 Å². The first-order valence-corrected chi connectivity index (χ1v) is 9.09. The molecule has 0 bridgehead atoms. The van der Waals surface area contributed by atoms with Gasteiger partial charge in [0.05, 0.1) is 29.1 Å². The number of ether oxygens (including phenoxy) is 1. The molecule has 0 radical (unpaired) electrons. The lowest BCUT2D eigenvalue weighted by atomic mass is 10.1. The summed E-state index contributed by atoms with van der Waals surface area (Å²) >= 11 is 1.63. The number of rotatable bonds is 3. The largest absolute Gasteiger partial charge is 0.378 e. The molecule has 9 heteroatoms. The zero-order chi connectivity index (χ0) is 17.9. The van der Waals surface area contributed by atoms with Crippen molar-refractivity contribution in [3.63, 3.8) is 0 Å². The van der Waals surface area contributed by atoms with Gasteiger partial charge in [-0.15, -0.1) is 11.3 Å². The zero-order valence-electron chi connectivity index (χ0n) is 13.9. The van der Waals surface area contributed by atoms with Crippen molar-refractivity contribution in [1.29, 1.82) is 0 Å². The number of carbonyl (C=O) groups excluding carboxylic acids is 1. The van der Waals surface area contributed by atoms with Gasteiger partial charge in [0, 0.05) is 18.7 Å². The second kappa shape index (κ2) is 7.24. The van der Waals surface area contributed by atoms with Crippen LogP contribution in [0.3, 0.4) is 0 Å². The summed E-state index contributed by atoms with van der Waals surface area (Å²) in [4.78, 5) is 23.4. The number of hydrogen-bond acceptors (Lipinski definition) is 7. The van der Waals surface area contributed by atoms with Crippen LogP contribution in [0.1, 0.15) is 0 Å². The second-order valence-corrected chi connectivity index (χ2v) is 6.67. The number of nitrogens with zero attached hydrogens (tertiary/aromatic N) is 3. The van der Waals surface area contributed by atoms with Gasteiger partial charge in [0.15, 0.2) is 11.6 Å². The molecule has 0 atom stereocenters. The Labute approximate surface area is 154 Å². The van der Waals surface area contributed by atoms with Gasteiger partial charge in [-0.3, -0.25) is 5.43 Å². The normalized spacial score (nSPS) is 14.4. The Morgan fingerprint density at radius 2 is 2.00 bits per heavy atom. The number of amides is 2. The van der Waals surface area contributed by atoms with E-state index in [1.165, 1.54) is 0 Å². The van der Waals surface area contributed by atoms with Gasteiger partial charge in [-0.25, -0.2) is 20.6 Å². The first-order chi connectivity index (χ1) is 12.8. The third-order valence-corrected chi connectivity index (χ3v) is 5.04. The third kappa shape index (κ3) is 3.19. The molecule has 26 heavy (non-hydrogen) atoms. The summed E-state index contributed by atoms with van der Waals surface area (Å²) in [5, 5.41) is 4.73. The van der Waals surface area contributed by atoms with Gasteiger partial charge in [-0.1, -0.05) is 12.1 Å². The summed E-state index contributed by atoms with van der Waals surface area (Å²) < 4.78 is 6.51. The number of anilines is 2. The SMILES string of the molecule is NNC(=O)Nc1ccccc1-c1nc(N2CCOCC2)c2sccc2n1. The lowest BCUT2D eigenvalue weighted by molar-refractivity contribution is 0.122. The van der Waals surface area contributed by atoms with E-state index in [-0.39, 0.29) is 0 Å². The van der Waals surface area contributed by atoms with Crippen LogP contribution in [0.15, 0.2) is 35.7 Å². The fourth-order valence-corrected chi connectivity index (χ4v) is 3.75. The molecule has 1 aromatic carbocycles. The molecule has 2 aromatic heterocycles. The van der Waals surface area contributed by atoms with Crippen molar-refractivity contribution in [2.45, 2.75) is 0 Å². The van der Waals surface area contributed by atoms with Gasteiger partial charge in [0.2, 0.25) is 0 Å². The number of urea groups is 1. The Kier molecular flexibility index (Phi) is 4.65. The van der Waals surface area contributed by atoms with Crippen molar-refractivity contribution in [2.24, 2.45) is 5.84 Å². The second-order valence-electron chi connectivity index (χ2n) is 5.75. The fourth-order valence-electron chi connectivity index (χ4n) is 2.90. The summed E-state index contributed by atoms with van der Waals surface area (Å²) in [7, 11) is 0. The molecule has 134 valence electrons. The maximum Gasteiger partial charge on any atom is 0.333 e. The topological polar surface area (TPSA) is 105 Å². The van der Waals surface area contributed by atoms with Crippen LogP contribution in [0.4, 0.5) is 16.3 Å². The Bertz CT molecular complexity index is 938. The molecule has 1 aliphatic heterocycles. The maximum atomic E-state index is 11.6. The molecular weight excluding hydrogens is 352 g/mol. The maximum absolute atomic E-state index is 11.6. The van der Waals surface area contributed by atoms with Crippen LogP contribution in [0.2, 0.25) is 0 Å². The molecule has 3 heterocycles. The number of hydrazine groups is 1. The first kappa shape index (κ1) is 16.7. The molecule has 8 nitrogen and oxygen atoms in total. The van der Waals surface area contributed by atoms with Crippen LogP contribution in [0, 0.1) is 0 Å². The molecule has 1 saturated heterocycles. The molecule has 4 rings (SSSR count). The van der Waals surface area contributed by atoms with Crippen LogP contribution in [-0.2, 0) is 4.74 Å². The lowest BCUT2D eigenvalue weighted by Gasteiger charge is -2.28. The van der Waals surface area contributed by atoms with Gasteiger partial charge >= 0.3 is 6.03 Å². The minimum atomic E-state index is -0.498. The first-order valence-electron chi connectivity index (χ1n) is 8.21. The van der Waals surface area contributed by atoms with Crippen LogP contribution in [0.25, 0.3) is 21.6 Å². The summed E-state index contributed by atoms with van der Waals surface area (Å²) in [6, 6.07) is 8.88. The standard InChI is InChI=1S/C17H18N6O2S/c18-22-17(24)20-12-4-2-1-3-11(12)15-19-13-5-10-26-14(13)16(21-15)23-6-8-25-9-7-23/h1-5,10H,6-9,18H2,(H2,20,22,24). The van der Waals surface area contributed by atoms with E-state index in [1.807, 2.05) is 29.6 Å². The monoisotopic (exact) mass is 370 g/mol. The number of para-hydroxylation sites is 1. The van der Waals surface area contributed by atoms with Crippen molar-refractivity contribution in [1.82, 2.24) is 15.4 Å². The Morgan fingerprint density at radius 3 is 2.81 bits per heavy atom. The predicted octanol–water partition coefficient (Wildman–Crippen LogP) is 2.19. The Morgan fingerprint density at radius 1 is 1.19 bits per heavy atom. The van der Waals surface area contributed by atoms with Gasteiger partial charge < -0.3 is 15.0 Å². The lowest BCUT2D eigenvalue weighted by Crippen LogP contribution is -2.37. The highest BCUT2D eigenvalue weighted by molar-refractivity contribution is 7.17. The van der Waals surface area contributed by atoms with Crippen LogP contribution >= 0.6 is 11.3 Å². The molecule has 1 aliphatic rings. The molecule has 0 saturated carbocycles. The van der Waals surface area contributed by atoms with Crippen LogP contribution in [0.5, 0.6) is 0 Å². The average Bonchev–Trinajstić information content (AvgIpc) is 3.17. The summed E-state index contributed by atoms with van der Waals surface area (Å²) in [6.45, 7) is 2.94. The van der Waals surface area contributed by atoms with Crippen molar-refractivity contribution in [2.75, 3.05) is 36.5 Å². The zero-order valence-corrected chi connectivity index (χ0v) is 14.8. The number of morpholine rings is 1. The molecule has 0 spiro atoms. The van der Waals surface area contributed by atoms with E-state index >= 15 is 0 Å². The quantitative estimate of drug-likeness (QED) is 0.371. The molecule has 2 amide bonds. The van der Waals surface area contributed by atoms with Gasteiger partial charge in [-0.2, -0.15) is 0 Å². The van der Waals surface area contributed by atoms with Crippen molar-refractivity contribution >= 4 is 39.1 Å².